The molecule has 0 radical (unpaired) electrons. The van der Waals surface area contributed by atoms with E-state index in [0.29, 0.717) is 31.8 Å². The van der Waals surface area contributed by atoms with Gasteiger partial charge in [-0.25, -0.2) is 0 Å². The number of rotatable bonds is 9. The van der Waals surface area contributed by atoms with Crippen LogP contribution in [0.3, 0.4) is 0 Å². The summed E-state index contributed by atoms with van der Waals surface area (Å²) in [6.45, 7) is 0.959. The highest BCUT2D eigenvalue weighted by molar-refractivity contribution is 6.12. The highest BCUT2D eigenvalue weighted by atomic mass is 16.5. The maximum Gasteiger partial charge on any atom is 0.253 e. The van der Waals surface area contributed by atoms with Crippen LogP contribution >= 0.6 is 0 Å². The second-order valence-corrected chi connectivity index (χ2v) is 6.63. The third-order valence-corrected chi connectivity index (χ3v) is 4.81. The number of Topliss-reactive ketones (excluding diaryl/α,β-unsaturated/α-hetero) is 1. The fourth-order valence-corrected chi connectivity index (χ4v) is 2.99. The molecular formula is C20H23NO4. The molecule has 1 heterocycles. The van der Waals surface area contributed by atoms with Crippen molar-refractivity contribution in [2.24, 2.45) is 5.92 Å². The number of ether oxygens (including phenoxy) is 1. The van der Waals surface area contributed by atoms with Gasteiger partial charge in [0.15, 0.2) is 0 Å². The quantitative estimate of drug-likeness (QED) is 0.512. The summed E-state index contributed by atoms with van der Waals surface area (Å²) in [5.74, 6) is 0.923. The van der Waals surface area contributed by atoms with E-state index in [9.17, 15) is 14.4 Å². The Bertz CT molecular complexity index is 655. The Hall–Kier alpha value is -2.43. The van der Waals surface area contributed by atoms with Crippen molar-refractivity contribution in [3.05, 3.63) is 42.0 Å². The summed E-state index contributed by atoms with van der Waals surface area (Å²) in [5.41, 5.74) is 1.03. The molecule has 0 saturated heterocycles. The molecular weight excluding hydrogens is 318 g/mol. The molecule has 0 unspecified atom stereocenters. The van der Waals surface area contributed by atoms with Crippen molar-refractivity contribution in [2.45, 2.75) is 38.5 Å². The van der Waals surface area contributed by atoms with E-state index in [0.717, 1.165) is 30.6 Å². The van der Waals surface area contributed by atoms with Crippen LogP contribution in [0, 0.1) is 5.92 Å². The molecule has 0 aromatic heterocycles. The molecule has 2 aliphatic rings. The van der Waals surface area contributed by atoms with Gasteiger partial charge in [-0.15, -0.1) is 0 Å². The number of carbonyl (C=O) groups is 3. The largest absolute Gasteiger partial charge is 0.494 e. The lowest BCUT2D eigenvalue weighted by atomic mass is 9.80. The normalized spacial score (nSPS) is 17.0. The molecule has 3 rings (SSSR count). The fraction of sp³-hybridized carbons (Fsp3) is 0.450. The van der Waals surface area contributed by atoms with Crippen LogP contribution < -0.4 is 4.74 Å². The first kappa shape index (κ1) is 17.4. The predicted molar refractivity (Wildman–Crippen MR) is 93.1 cm³/mol. The standard InChI is InChI=1S/C20H23NO4/c22-18(16-4-3-5-16)14-15-6-8-17(9-7-15)25-13-2-1-12-21-19(23)10-11-20(21)24/h6-11,16H,1-5,12-14H2. The average Bonchev–Trinajstić information content (AvgIpc) is 2.86. The molecule has 1 saturated carbocycles. The van der Waals surface area contributed by atoms with Gasteiger partial charge in [0.25, 0.3) is 11.8 Å². The summed E-state index contributed by atoms with van der Waals surface area (Å²) in [4.78, 5) is 36.0. The first-order valence-electron chi connectivity index (χ1n) is 8.91. The number of imide groups is 1. The van der Waals surface area contributed by atoms with Crippen LogP contribution in [0.4, 0.5) is 0 Å². The summed E-state index contributed by atoms with van der Waals surface area (Å²) in [6.07, 6.45) is 7.87. The van der Waals surface area contributed by atoms with Gasteiger partial charge in [-0.2, -0.15) is 0 Å². The molecule has 132 valence electrons. The summed E-state index contributed by atoms with van der Waals surface area (Å²) >= 11 is 0. The molecule has 25 heavy (non-hydrogen) atoms. The number of unbranched alkanes of at least 4 members (excludes halogenated alkanes) is 1. The third kappa shape index (κ3) is 4.56. The second kappa shape index (κ2) is 8.10. The minimum absolute atomic E-state index is 0.238. The maximum atomic E-state index is 12.0. The Kier molecular flexibility index (Phi) is 5.64. The topological polar surface area (TPSA) is 63.7 Å². The van der Waals surface area contributed by atoms with Crippen molar-refractivity contribution in [3.8, 4) is 5.75 Å². The Morgan fingerprint density at radius 2 is 1.72 bits per heavy atom. The lowest BCUT2D eigenvalue weighted by Crippen LogP contribution is -2.31. The van der Waals surface area contributed by atoms with E-state index in [1.165, 1.54) is 23.5 Å². The van der Waals surface area contributed by atoms with E-state index in [1.807, 2.05) is 24.3 Å². The van der Waals surface area contributed by atoms with E-state index in [2.05, 4.69) is 0 Å². The van der Waals surface area contributed by atoms with Crippen LogP contribution in [-0.4, -0.2) is 35.6 Å². The van der Waals surface area contributed by atoms with Crippen LogP contribution in [0.2, 0.25) is 0 Å². The molecule has 0 N–H and O–H groups in total. The van der Waals surface area contributed by atoms with Gasteiger partial charge in [-0.1, -0.05) is 18.6 Å². The SMILES string of the molecule is O=C(Cc1ccc(OCCCCN2C(=O)C=CC2=O)cc1)C1CCC1. The highest BCUT2D eigenvalue weighted by Gasteiger charge is 2.25. The van der Waals surface area contributed by atoms with Crippen molar-refractivity contribution in [1.82, 2.24) is 4.90 Å². The summed E-state index contributed by atoms with van der Waals surface area (Å²) in [6, 6.07) is 7.67. The first-order chi connectivity index (χ1) is 12.1. The molecule has 0 atom stereocenters. The number of amides is 2. The van der Waals surface area contributed by atoms with Gasteiger partial charge in [0, 0.05) is 31.0 Å². The lowest BCUT2D eigenvalue weighted by Gasteiger charge is -2.23. The predicted octanol–water partition coefficient (Wildman–Crippen LogP) is 2.68. The molecule has 2 amide bonds. The van der Waals surface area contributed by atoms with Gasteiger partial charge >= 0.3 is 0 Å². The Morgan fingerprint density at radius 3 is 2.32 bits per heavy atom. The number of ketones is 1. The second-order valence-electron chi connectivity index (χ2n) is 6.63. The molecule has 5 heteroatoms. The number of carbonyl (C=O) groups excluding carboxylic acids is 3. The van der Waals surface area contributed by atoms with Crippen molar-refractivity contribution in [1.29, 1.82) is 0 Å². The van der Waals surface area contributed by atoms with E-state index >= 15 is 0 Å². The number of hydrogen-bond acceptors (Lipinski definition) is 4. The van der Waals surface area contributed by atoms with Crippen molar-refractivity contribution < 1.29 is 19.1 Å². The lowest BCUT2D eigenvalue weighted by molar-refractivity contribution is -0.136. The number of nitrogens with zero attached hydrogens (tertiary/aromatic N) is 1. The minimum Gasteiger partial charge on any atom is -0.494 e. The summed E-state index contributed by atoms with van der Waals surface area (Å²) in [5, 5.41) is 0. The monoisotopic (exact) mass is 341 g/mol. The smallest absolute Gasteiger partial charge is 0.253 e. The van der Waals surface area contributed by atoms with E-state index in [4.69, 9.17) is 4.74 Å². The Balaban J connectivity index is 1.34. The summed E-state index contributed by atoms with van der Waals surface area (Å²) < 4.78 is 5.68. The molecule has 1 aliphatic carbocycles. The Labute approximate surface area is 147 Å². The van der Waals surface area contributed by atoms with Crippen molar-refractivity contribution in [3.63, 3.8) is 0 Å². The first-order valence-corrected chi connectivity index (χ1v) is 8.91. The molecule has 0 spiro atoms. The number of benzene rings is 1. The van der Waals surface area contributed by atoms with Crippen LogP contribution in [0.25, 0.3) is 0 Å². The molecule has 1 aromatic carbocycles. The van der Waals surface area contributed by atoms with Crippen molar-refractivity contribution >= 4 is 17.6 Å². The molecule has 1 aromatic rings. The zero-order valence-corrected chi connectivity index (χ0v) is 14.3. The van der Waals surface area contributed by atoms with E-state index in [1.54, 1.807) is 0 Å². The average molecular weight is 341 g/mol. The van der Waals surface area contributed by atoms with Gasteiger partial charge < -0.3 is 4.74 Å². The zero-order valence-electron chi connectivity index (χ0n) is 14.3. The van der Waals surface area contributed by atoms with Crippen LogP contribution in [0.1, 0.15) is 37.7 Å². The molecule has 5 nitrogen and oxygen atoms in total. The third-order valence-electron chi connectivity index (χ3n) is 4.81. The fourth-order valence-electron chi connectivity index (χ4n) is 2.99. The van der Waals surface area contributed by atoms with E-state index < -0.39 is 0 Å². The molecule has 0 bridgehead atoms. The van der Waals surface area contributed by atoms with Crippen LogP contribution in [0.5, 0.6) is 5.75 Å². The van der Waals surface area contributed by atoms with Gasteiger partial charge in [0.05, 0.1) is 6.61 Å². The summed E-state index contributed by atoms with van der Waals surface area (Å²) in [7, 11) is 0. The van der Waals surface area contributed by atoms with Gasteiger partial charge in [-0.05, 0) is 43.4 Å². The molecule has 1 aliphatic heterocycles. The zero-order chi connectivity index (χ0) is 17.6. The van der Waals surface area contributed by atoms with Crippen LogP contribution in [0.15, 0.2) is 36.4 Å². The van der Waals surface area contributed by atoms with Gasteiger partial charge in [0.1, 0.15) is 11.5 Å². The van der Waals surface area contributed by atoms with E-state index in [-0.39, 0.29) is 17.7 Å². The Morgan fingerprint density at radius 1 is 1.04 bits per heavy atom. The van der Waals surface area contributed by atoms with Gasteiger partial charge in [-0.3, -0.25) is 19.3 Å². The van der Waals surface area contributed by atoms with Crippen LogP contribution in [-0.2, 0) is 20.8 Å². The van der Waals surface area contributed by atoms with Crippen molar-refractivity contribution in [2.75, 3.05) is 13.2 Å². The molecule has 1 fully saturated rings. The number of hydrogen-bond donors (Lipinski definition) is 0. The minimum atomic E-state index is -0.238. The highest BCUT2D eigenvalue weighted by Crippen LogP contribution is 2.28. The maximum absolute atomic E-state index is 12.0. The van der Waals surface area contributed by atoms with Gasteiger partial charge in [0.2, 0.25) is 0 Å².